The molecule has 0 aliphatic carbocycles. The maximum Gasteiger partial charge on any atom is 0.273 e. The van der Waals surface area contributed by atoms with Crippen molar-refractivity contribution in [2.75, 3.05) is 51.6 Å². The molecule has 4 aromatic heterocycles. The highest BCUT2D eigenvalue weighted by Gasteiger charge is 2.17. The van der Waals surface area contributed by atoms with Crippen molar-refractivity contribution in [2.24, 2.45) is 0 Å². The molecule has 0 unspecified atom stereocenters. The van der Waals surface area contributed by atoms with Crippen molar-refractivity contribution >= 4 is 39.1 Å². The number of hydrogen-bond donors (Lipinski definition) is 2. The van der Waals surface area contributed by atoms with Gasteiger partial charge >= 0.3 is 0 Å². The number of thiophene rings is 1. The van der Waals surface area contributed by atoms with Gasteiger partial charge in [-0.25, -0.2) is 9.97 Å². The quantitative estimate of drug-likeness (QED) is 0.353. The molecule has 0 saturated carbocycles. The molecule has 5 aromatic rings. The Morgan fingerprint density at radius 2 is 1.86 bits per heavy atom. The lowest BCUT2D eigenvalue weighted by Crippen LogP contribution is -2.45. The minimum Gasteiger partial charge on any atom is -0.379 e. The molecule has 5 heterocycles. The summed E-state index contributed by atoms with van der Waals surface area (Å²) in [6, 6.07) is 16.1. The number of aromatic nitrogens is 4. The van der Waals surface area contributed by atoms with E-state index in [0.717, 1.165) is 65.5 Å². The monoisotopic (exact) mass is 511 g/mol. The zero-order valence-corrected chi connectivity index (χ0v) is 21.8. The fraction of sp³-hybridized carbons (Fsp3) is 0.286. The Morgan fingerprint density at radius 1 is 1.00 bits per heavy atom. The lowest BCUT2D eigenvalue weighted by molar-refractivity contribution is 0.158. The van der Waals surface area contributed by atoms with Gasteiger partial charge < -0.3 is 15.2 Å². The second-order valence-electron chi connectivity index (χ2n) is 9.56. The SMILES string of the molecule is Cc1ccc(-c2nc3[nH]c(=O)c(NCCN4CCN(C)CC4)cc3nc2-c2ccc3ncccc3c2)s1. The van der Waals surface area contributed by atoms with Gasteiger partial charge in [0.25, 0.3) is 5.56 Å². The van der Waals surface area contributed by atoms with E-state index in [4.69, 9.17) is 9.97 Å². The number of H-pyrrole nitrogens is 1. The number of fused-ring (bicyclic) bond motifs is 2. The maximum atomic E-state index is 12.9. The molecule has 37 heavy (non-hydrogen) atoms. The first kappa shape index (κ1) is 23.7. The minimum absolute atomic E-state index is 0.182. The third kappa shape index (κ3) is 4.98. The number of hydrogen-bond acceptors (Lipinski definition) is 8. The standard InChI is InChI=1S/C28H29N7OS/c1-18-5-8-24(37-18)26-25(20-6-7-21-19(16-20)4-3-9-29-21)31-22-17-23(28(36)33-27(22)32-26)30-10-11-35-14-12-34(2)13-15-35/h3-9,16-17,30H,10-15H2,1-2H3,(H,32,33,36). The molecule has 0 spiro atoms. The molecule has 0 radical (unpaired) electrons. The van der Waals surface area contributed by atoms with Gasteiger partial charge in [0.2, 0.25) is 0 Å². The Labute approximate surface area is 219 Å². The number of nitrogens with one attached hydrogen (secondary N) is 2. The first-order chi connectivity index (χ1) is 18.0. The molecule has 188 valence electrons. The van der Waals surface area contributed by atoms with E-state index in [0.29, 0.717) is 23.4 Å². The van der Waals surface area contributed by atoms with E-state index in [-0.39, 0.29) is 5.56 Å². The molecule has 1 fully saturated rings. The molecule has 2 N–H and O–H groups in total. The van der Waals surface area contributed by atoms with E-state index < -0.39 is 0 Å². The van der Waals surface area contributed by atoms with Gasteiger partial charge in [-0.3, -0.25) is 14.7 Å². The summed E-state index contributed by atoms with van der Waals surface area (Å²) in [5.41, 5.74) is 4.93. The minimum atomic E-state index is -0.182. The van der Waals surface area contributed by atoms with Crippen molar-refractivity contribution in [3.63, 3.8) is 0 Å². The van der Waals surface area contributed by atoms with E-state index in [1.54, 1.807) is 17.5 Å². The van der Waals surface area contributed by atoms with Gasteiger partial charge in [-0.15, -0.1) is 11.3 Å². The van der Waals surface area contributed by atoms with Crippen LogP contribution in [0.2, 0.25) is 0 Å². The maximum absolute atomic E-state index is 12.9. The first-order valence-corrected chi connectivity index (χ1v) is 13.4. The molecule has 0 bridgehead atoms. The molecule has 1 aromatic carbocycles. The summed E-state index contributed by atoms with van der Waals surface area (Å²) in [6.07, 6.45) is 1.80. The average molecular weight is 512 g/mol. The Hall–Kier alpha value is -3.66. The molecule has 1 saturated heterocycles. The fourth-order valence-electron chi connectivity index (χ4n) is 4.73. The van der Waals surface area contributed by atoms with Crippen LogP contribution in [0, 0.1) is 6.92 Å². The van der Waals surface area contributed by atoms with E-state index >= 15 is 0 Å². The molecule has 0 amide bonds. The van der Waals surface area contributed by atoms with Gasteiger partial charge in [-0.05, 0) is 50.4 Å². The van der Waals surface area contributed by atoms with Crippen LogP contribution in [0.5, 0.6) is 0 Å². The molecule has 0 atom stereocenters. The van der Waals surface area contributed by atoms with Gasteiger partial charge in [0.1, 0.15) is 16.9 Å². The normalized spacial score (nSPS) is 15.0. The van der Waals surface area contributed by atoms with Crippen molar-refractivity contribution in [1.29, 1.82) is 0 Å². The van der Waals surface area contributed by atoms with Gasteiger partial charge in [0, 0.05) is 61.3 Å². The predicted octanol–water partition coefficient (Wildman–Crippen LogP) is 4.23. The topological polar surface area (TPSA) is 90.0 Å². The van der Waals surface area contributed by atoms with Crippen molar-refractivity contribution in [3.05, 3.63) is 70.0 Å². The van der Waals surface area contributed by atoms with Gasteiger partial charge in [0.05, 0.1) is 16.1 Å². The van der Waals surface area contributed by atoms with Crippen LogP contribution in [0.1, 0.15) is 4.88 Å². The number of benzene rings is 1. The summed E-state index contributed by atoms with van der Waals surface area (Å²) in [5.74, 6) is 0. The second-order valence-corrected chi connectivity index (χ2v) is 10.8. The van der Waals surface area contributed by atoms with Crippen molar-refractivity contribution in [1.82, 2.24) is 29.7 Å². The number of aryl methyl sites for hydroxylation is 1. The largest absolute Gasteiger partial charge is 0.379 e. The fourth-order valence-corrected chi connectivity index (χ4v) is 5.59. The van der Waals surface area contributed by atoms with Crippen LogP contribution in [0.3, 0.4) is 0 Å². The second kappa shape index (κ2) is 10.0. The van der Waals surface area contributed by atoms with Crippen LogP contribution in [0.15, 0.2) is 59.5 Å². The number of likely N-dealkylation sites (N-methyl/N-ethyl adjacent to an activating group) is 1. The highest BCUT2D eigenvalue weighted by molar-refractivity contribution is 7.15. The molecular formula is C28H29N7OS. The van der Waals surface area contributed by atoms with Crippen LogP contribution >= 0.6 is 11.3 Å². The summed E-state index contributed by atoms with van der Waals surface area (Å²) in [7, 11) is 2.15. The van der Waals surface area contributed by atoms with Gasteiger partial charge in [-0.1, -0.05) is 12.1 Å². The highest BCUT2D eigenvalue weighted by Crippen LogP contribution is 2.35. The molecule has 8 nitrogen and oxygen atoms in total. The predicted molar refractivity (Wildman–Crippen MR) is 151 cm³/mol. The summed E-state index contributed by atoms with van der Waals surface area (Å²) >= 11 is 1.67. The van der Waals surface area contributed by atoms with Crippen LogP contribution in [-0.2, 0) is 0 Å². The zero-order valence-electron chi connectivity index (χ0n) is 21.0. The lowest BCUT2D eigenvalue weighted by atomic mass is 10.1. The number of rotatable bonds is 6. The Bertz CT molecular complexity index is 1640. The van der Waals surface area contributed by atoms with Crippen molar-refractivity contribution in [3.8, 4) is 21.8 Å². The molecule has 6 rings (SSSR count). The van der Waals surface area contributed by atoms with Crippen LogP contribution in [0.4, 0.5) is 5.69 Å². The van der Waals surface area contributed by atoms with Crippen LogP contribution < -0.4 is 10.9 Å². The highest BCUT2D eigenvalue weighted by atomic mass is 32.1. The first-order valence-electron chi connectivity index (χ1n) is 12.6. The Morgan fingerprint density at radius 3 is 2.68 bits per heavy atom. The Balaban J connectivity index is 1.37. The third-order valence-electron chi connectivity index (χ3n) is 6.87. The molecule has 9 heteroatoms. The summed E-state index contributed by atoms with van der Waals surface area (Å²) in [5, 5.41) is 4.37. The van der Waals surface area contributed by atoms with E-state index in [1.807, 2.05) is 24.3 Å². The third-order valence-corrected chi connectivity index (χ3v) is 7.88. The zero-order chi connectivity index (χ0) is 25.4. The van der Waals surface area contributed by atoms with Gasteiger partial charge in [-0.2, -0.15) is 0 Å². The summed E-state index contributed by atoms with van der Waals surface area (Å²) < 4.78 is 0. The average Bonchev–Trinajstić information content (AvgIpc) is 3.35. The van der Waals surface area contributed by atoms with Crippen LogP contribution in [-0.4, -0.2) is 76.1 Å². The number of anilines is 1. The summed E-state index contributed by atoms with van der Waals surface area (Å²) in [6.45, 7) is 7.91. The molecule has 1 aliphatic heterocycles. The smallest absolute Gasteiger partial charge is 0.273 e. The van der Waals surface area contributed by atoms with E-state index in [2.05, 4.69) is 63.3 Å². The molecule has 1 aliphatic rings. The number of nitrogens with zero attached hydrogens (tertiary/aromatic N) is 5. The number of pyridine rings is 2. The van der Waals surface area contributed by atoms with E-state index in [1.165, 1.54) is 4.88 Å². The Kier molecular flexibility index (Phi) is 6.42. The van der Waals surface area contributed by atoms with Gasteiger partial charge in [0.15, 0.2) is 5.65 Å². The van der Waals surface area contributed by atoms with Crippen molar-refractivity contribution in [2.45, 2.75) is 6.92 Å². The van der Waals surface area contributed by atoms with Crippen LogP contribution in [0.25, 0.3) is 43.9 Å². The molecular weight excluding hydrogens is 482 g/mol. The summed E-state index contributed by atoms with van der Waals surface area (Å²) in [4.78, 5) is 37.2. The van der Waals surface area contributed by atoms with Crippen molar-refractivity contribution < 1.29 is 0 Å². The lowest BCUT2D eigenvalue weighted by Gasteiger charge is -2.32. The number of piperazine rings is 1. The van der Waals surface area contributed by atoms with E-state index in [9.17, 15) is 4.79 Å². The number of aromatic amines is 1.